The van der Waals surface area contributed by atoms with E-state index in [-0.39, 0.29) is 6.04 Å². The molecule has 0 bridgehead atoms. The molecular formula is C19H24ClN3O2. The van der Waals surface area contributed by atoms with Crippen LogP contribution in [0.25, 0.3) is 0 Å². The highest BCUT2D eigenvalue weighted by Gasteiger charge is 2.17. The monoisotopic (exact) mass is 361 g/mol. The Morgan fingerprint density at radius 1 is 1.36 bits per heavy atom. The van der Waals surface area contributed by atoms with Crippen molar-refractivity contribution in [2.45, 2.75) is 26.4 Å². The van der Waals surface area contributed by atoms with Gasteiger partial charge < -0.3 is 9.47 Å². The van der Waals surface area contributed by atoms with Gasteiger partial charge >= 0.3 is 0 Å². The summed E-state index contributed by atoms with van der Waals surface area (Å²) in [5, 5.41) is 0.533. The van der Waals surface area contributed by atoms with Gasteiger partial charge in [0, 0.05) is 18.8 Å². The molecular weight excluding hydrogens is 338 g/mol. The minimum atomic E-state index is 0.147. The Morgan fingerprint density at radius 3 is 2.80 bits per heavy atom. The molecule has 134 valence electrons. The van der Waals surface area contributed by atoms with E-state index in [0.29, 0.717) is 36.3 Å². The van der Waals surface area contributed by atoms with Crippen molar-refractivity contribution in [1.29, 1.82) is 0 Å². The van der Waals surface area contributed by atoms with Gasteiger partial charge in [-0.1, -0.05) is 24.3 Å². The third kappa shape index (κ3) is 5.18. The Bertz CT molecular complexity index is 695. The zero-order chi connectivity index (χ0) is 18.2. The van der Waals surface area contributed by atoms with Gasteiger partial charge in [-0.15, -0.1) is 0 Å². The Hall–Kier alpha value is -2.11. The second-order valence-corrected chi connectivity index (χ2v) is 6.07. The Morgan fingerprint density at radius 2 is 2.16 bits per heavy atom. The fraction of sp³-hybridized carbons (Fsp3) is 0.368. The van der Waals surface area contributed by atoms with Crippen LogP contribution in [0.1, 0.15) is 31.1 Å². The average Bonchev–Trinajstić information content (AvgIpc) is 2.61. The van der Waals surface area contributed by atoms with Gasteiger partial charge in [-0.3, -0.25) is 4.90 Å². The molecule has 0 saturated carbocycles. The lowest BCUT2D eigenvalue weighted by Crippen LogP contribution is -2.22. The van der Waals surface area contributed by atoms with Gasteiger partial charge in [0.25, 0.3) is 0 Å². The van der Waals surface area contributed by atoms with E-state index in [0.717, 1.165) is 11.3 Å². The average molecular weight is 362 g/mol. The second-order valence-electron chi connectivity index (χ2n) is 5.66. The number of aromatic nitrogens is 2. The van der Waals surface area contributed by atoms with Crippen LogP contribution in [0.15, 0.2) is 43.4 Å². The van der Waals surface area contributed by atoms with Gasteiger partial charge in [-0.2, -0.15) is 0 Å². The molecule has 0 fully saturated rings. The van der Waals surface area contributed by atoms with Gasteiger partial charge in [0.05, 0.1) is 17.3 Å². The number of benzene rings is 1. The summed E-state index contributed by atoms with van der Waals surface area (Å²) in [6.45, 7) is 9.32. The lowest BCUT2D eigenvalue weighted by molar-refractivity contribution is 0.247. The van der Waals surface area contributed by atoms with E-state index in [1.54, 1.807) is 18.6 Å². The fourth-order valence-corrected chi connectivity index (χ4v) is 2.74. The molecule has 2 aromatic rings. The van der Waals surface area contributed by atoms with Gasteiger partial charge in [0.1, 0.15) is 12.9 Å². The van der Waals surface area contributed by atoms with Crippen LogP contribution in [-0.2, 0) is 6.54 Å². The minimum Gasteiger partial charge on any atom is -0.490 e. The summed E-state index contributed by atoms with van der Waals surface area (Å²) in [5.41, 5.74) is 2.02. The molecule has 2 rings (SSSR count). The quantitative estimate of drug-likeness (QED) is 0.623. The van der Waals surface area contributed by atoms with Gasteiger partial charge in [0.15, 0.2) is 11.5 Å². The number of nitrogens with zero attached hydrogens (tertiary/aromatic N) is 3. The summed E-state index contributed by atoms with van der Waals surface area (Å²) in [6.07, 6.45) is 5.00. The maximum atomic E-state index is 6.41. The molecule has 0 spiro atoms. The number of halogens is 1. The number of hydrogen-bond acceptors (Lipinski definition) is 5. The summed E-state index contributed by atoms with van der Waals surface area (Å²) >= 11 is 6.41. The third-order valence-corrected chi connectivity index (χ3v) is 4.12. The van der Waals surface area contributed by atoms with Crippen molar-refractivity contribution in [3.05, 3.63) is 59.7 Å². The summed E-state index contributed by atoms with van der Waals surface area (Å²) < 4.78 is 11.3. The predicted molar refractivity (Wildman–Crippen MR) is 100 cm³/mol. The Labute approximate surface area is 154 Å². The lowest BCUT2D eigenvalue weighted by Gasteiger charge is -2.25. The van der Waals surface area contributed by atoms with Crippen molar-refractivity contribution in [3.8, 4) is 11.5 Å². The molecule has 0 radical (unpaired) electrons. The van der Waals surface area contributed by atoms with E-state index < -0.39 is 0 Å². The molecule has 25 heavy (non-hydrogen) atoms. The van der Waals surface area contributed by atoms with Gasteiger partial charge in [0.2, 0.25) is 0 Å². The summed E-state index contributed by atoms with van der Waals surface area (Å²) in [4.78, 5) is 10.5. The van der Waals surface area contributed by atoms with E-state index in [9.17, 15) is 0 Å². The largest absolute Gasteiger partial charge is 0.490 e. The predicted octanol–water partition coefficient (Wildman–Crippen LogP) is 4.29. The smallest absolute Gasteiger partial charge is 0.180 e. The van der Waals surface area contributed by atoms with Crippen LogP contribution in [0.4, 0.5) is 0 Å². The highest BCUT2D eigenvalue weighted by molar-refractivity contribution is 6.32. The number of ether oxygens (including phenoxy) is 2. The third-order valence-electron chi connectivity index (χ3n) is 3.84. The lowest BCUT2D eigenvalue weighted by atomic mass is 10.1. The van der Waals surface area contributed by atoms with Crippen molar-refractivity contribution < 1.29 is 9.47 Å². The van der Waals surface area contributed by atoms with E-state index >= 15 is 0 Å². The van der Waals surface area contributed by atoms with Crippen molar-refractivity contribution in [2.75, 3.05) is 20.3 Å². The molecule has 0 amide bonds. The maximum absolute atomic E-state index is 6.41. The zero-order valence-corrected chi connectivity index (χ0v) is 15.7. The van der Waals surface area contributed by atoms with Crippen LogP contribution < -0.4 is 9.47 Å². The number of hydrogen-bond donors (Lipinski definition) is 0. The van der Waals surface area contributed by atoms with Crippen LogP contribution in [0.2, 0.25) is 5.02 Å². The Kier molecular flexibility index (Phi) is 7.22. The van der Waals surface area contributed by atoms with Crippen molar-refractivity contribution in [1.82, 2.24) is 14.9 Å². The first-order chi connectivity index (χ1) is 12.1. The molecule has 1 atom stereocenters. The molecule has 0 saturated heterocycles. The Balaban J connectivity index is 2.19. The summed E-state index contributed by atoms with van der Waals surface area (Å²) in [6, 6.07) is 5.95. The fourth-order valence-electron chi connectivity index (χ4n) is 2.46. The molecule has 1 heterocycles. The minimum absolute atomic E-state index is 0.147. The van der Waals surface area contributed by atoms with E-state index in [1.165, 1.54) is 0 Å². The molecule has 1 aromatic heterocycles. The molecule has 1 aromatic carbocycles. The topological polar surface area (TPSA) is 47.5 Å². The van der Waals surface area contributed by atoms with E-state index in [2.05, 4.69) is 28.4 Å². The van der Waals surface area contributed by atoms with Crippen molar-refractivity contribution in [2.24, 2.45) is 0 Å². The zero-order valence-electron chi connectivity index (χ0n) is 14.9. The van der Waals surface area contributed by atoms with Crippen LogP contribution in [0, 0.1) is 0 Å². The van der Waals surface area contributed by atoms with Crippen LogP contribution in [-0.4, -0.2) is 35.1 Å². The first kappa shape index (κ1) is 19.2. The van der Waals surface area contributed by atoms with Crippen LogP contribution in [0.5, 0.6) is 11.5 Å². The molecule has 0 aliphatic heterocycles. The van der Waals surface area contributed by atoms with Gasteiger partial charge in [-0.25, -0.2) is 9.97 Å². The number of rotatable bonds is 9. The highest BCUT2D eigenvalue weighted by Crippen LogP contribution is 2.37. The second kappa shape index (κ2) is 9.39. The SMILES string of the molecule is C=CCOc1c(Cl)cc(CN(C)[C@H](C)c2ccncn2)cc1OCC. The molecule has 0 aliphatic carbocycles. The summed E-state index contributed by atoms with van der Waals surface area (Å²) in [7, 11) is 2.04. The molecule has 0 aliphatic rings. The first-order valence-electron chi connectivity index (χ1n) is 8.21. The first-order valence-corrected chi connectivity index (χ1v) is 8.59. The standard InChI is InChI=1S/C19H24ClN3O2/c1-5-9-25-19-16(20)10-15(11-18(19)24-6-2)12-23(4)14(3)17-7-8-21-13-22-17/h5,7-8,10-11,13-14H,1,6,9,12H2,2-4H3/t14-/m1/s1. The highest BCUT2D eigenvalue weighted by atomic mass is 35.5. The van der Waals surface area contributed by atoms with Crippen molar-refractivity contribution in [3.63, 3.8) is 0 Å². The van der Waals surface area contributed by atoms with Crippen molar-refractivity contribution >= 4 is 11.6 Å². The van der Waals surface area contributed by atoms with E-state index in [1.807, 2.05) is 32.2 Å². The van der Waals surface area contributed by atoms with E-state index in [4.69, 9.17) is 21.1 Å². The van der Waals surface area contributed by atoms with Gasteiger partial charge in [-0.05, 0) is 44.7 Å². The molecule has 6 heteroatoms. The summed E-state index contributed by atoms with van der Waals surface area (Å²) in [5.74, 6) is 1.20. The maximum Gasteiger partial charge on any atom is 0.180 e. The van der Waals surface area contributed by atoms with Crippen LogP contribution >= 0.6 is 11.6 Å². The molecule has 5 nitrogen and oxygen atoms in total. The molecule has 0 N–H and O–H groups in total. The molecule has 0 unspecified atom stereocenters. The normalized spacial score (nSPS) is 12.0. The van der Waals surface area contributed by atoms with Crippen LogP contribution in [0.3, 0.4) is 0 Å².